The molecule has 6 nitrogen and oxygen atoms in total. The van der Waals surface area contributed by atoms with Gasteiger partial charge in [-0.2, -0.15) is 0 Å². The molecule has 0 spiro atoms. The number of carboxylic acid groups (broad SMARTS) is 1. The molecule has 1 heterocycles. The fourth-order valence-electron chi connectivity index (χ4n) is 1.94. The number of rotatable bonds is 5. The van der Waals surface area contributed by atoms with Crippen LogP contribution in [0.15, 0.2) is 42.5 Å². The van der Waals surface area contributed by atoms with Crippen molar-refractivity contribution in [2.45, 2.75) is 13.0 Å². The maximum Gasteiger partial charge on any atom is 0.330 e. The lowest BCUT2D eigenvalue weighted by Gasteiger charge is -2.17. The summed E-state index contributed by atoms with van der Waals surface area (Å²) < 4.78 is 0. The summed E-state index contributed by atoms with van der Waals surface area (Å²) in [7, 11) is 0. The molecular formula is C15H15N3O3. The Kier molecular flexibility index (Phi) is 4.18. The number of carbonyl (C=O) groups is 2. The molecule has 0 aliphatic carbocycles. The summed E-state index contributed by atoms with van der Waals surface area (Å²) in [4.78, 5) is 27.0. The van der Waals surface area contributed by atoms with Crippen LogP contribution in [0.3, 0.4) is 0 Å². The number of nitrogens with two attached hydrogens (primary N) is 1. The lowest BCUT2D eigenvalue weighted by Crippen LogP contribution is -2.24. The second-order valence-corrected chi connectivity index (χ2v) is 4.54. The fourth-order valence-corrected chi connectivity index (χ4v) is 1.94. The number of amides is 1. The molecule has 2 aromatic rings. The van der Waals surface area contributed by atoms with Gasteiger partial charge < -0.3 is 16.2 Å². The average molecular weight is 285 g/mol. The van der Waals surface area contributed by atoms with Crippen molar-refractivity contribution >= 4 is 17.7 Å². The molecule has 0 fully saturated rings. The lowest BCUT2D eigenvalue weighted by molar-refractivity contribution is -0.138. The predicted molar refractivity (Wildman–Crippen MR) is 77.9 cm³/mol. The highest BCUT2D eigenvalue weighted by atomic mass is 16.4. The number of carboxylic acids is 1. The molecule has 0 aliphatic heterocycles. The molecule has 1 aromatic heterocycles. The molecule has 2 rings (SSSR count). The largest absolute Gasteiger partial charge is 0.479 e. The van der Waals surface area contributed by atoms with Crippen molar-refractivity contribution in [3.8, 4) is 0 Å². The number of nitrogens with zero attached hydrogens (tertiary/aromatic N) is 1. The molecule has 0 radical (unpaired) electrons. The van der Waals surface area contributed by atoms with Crippen LogP contribution >= 0.6 is 0 Å². The lowest BCUT2D eigenvalue weighted by atomic mass is 10.1. The zero-order valence-electron chi connectivity index (χ0n) is 11.4. The second-order valence-electron chi connectivity index (χ2n) is 4.54. The number of pyridine rings is 1. The van der Waals surface area contributed by atoms with Crippen molar-refractivity contribution < 1.29 is 14.7 Å². The Morgan fingerprint density at radius 1 is 1.19 bits per heavy atom. The maximum absolute atomic E-state index is 11.5. The van der Waals surface area contributed by atoms with Gasteiger partial charge in [-0.1, -0.05) is 30.3 Å². The molecule has 1 amide bonds. The monoisotopic (exact) mass is 285 g/mol. The molecule has 1 aromatic carbocycles. The van der Waals surface area contributed by atoms with E-state index in [1.54, 1.807) is 43.3 Å². The van der Waals surface area contributed by atoms with E-state index in [1.807, 2.05) is 0 Å². The van der Waals surface area contributed by atoms with E-state index in [1.165, 1.54) is 6.07 Å². The highest BCUT2D eigenvalue weighted by molar-refractivity contribution is 5.98. The van der Waals surface area contributed by atoms with E-state index in [0.717, 1.165) is 0 Å². The van der Waals surface area contributed by atoms with Gasteiger partial charge in [0, 0.05) is 5.69 Å². The molecule has 0 saturated heterocycles. The van der Waals surface area contributed by atoms with Crippen LogP contribution in [0, 0.1) is 6.92 Å². The quantitative estimate of drug-likeness (QED) is 0.775. The van der Waals surface area contributed by atoms with E-state index in [0.29, 0.717) is 11.3 Å². The summed E-state index contributed by atoms with van der Waals surface area (Å²) in [5.41, 5.74) is 6.66. The van der Waals surface area contributed by atoms with Gasteiger partial charge in [-0.3, -0.25) is 4.79 Å². The van der Waals surface area contributed by atoms with Crippen molar-refractivity contribution in [3.05, 3.63) is 59.3 Å². The van der Waals surface area contributed by atoms with Crippen molar-refractivity contribution in [2.24, 2.45) is 5.73 Å². The first-order valence-electron chi connectivity index (χ1n) is 6.31. The van der Waals surface area contributed by atoms with Gasteiger partial charge in [0.15, 0.2) is 6.04 Å². The Labute approximate surface area is 121 Å². The van der Waals surface area contributed by atoms with E-state index < -0.39 is 17.9 Å². The summed E-state index contributed by atoms with van der Waals surface area (Å²) in [5.74, 6) is -1.57. The van der Waals surface area contributed by atoms with E-state index in [9.17, 15) is 14.7 Å². The van der Waals surface area contributed by atoms with Crippen LogP contribution < -0.4 is 11.1 Å². The van der Waals surface area contributed by atoms with E-state index in [-0.39, 0.29) is 11.4 Å². The highest BCUT2D eigenvalue weighted by Gasteiger charge is 2.22. The highest BCUT2D eigenvalue weighted by Crippen LogP contribution is 2.21. The second kappa shape index (κ2) is 6.04. The molecule has 1 atom stereocenters. The van der Waals surface area contributed by atoms with Crippen molar-refractivity contribution in [3.63, 3.8) is 0 Å². The van der Waals surface area contributed by atoms with Crippen LogP contribution in [0.4, 0.5) is 5.82 Å². The number of aliphatic carboxylic acids is 1. The SMILES string of the molecule is Cc1ccc(C(N)=O)c(NC(C(=O)O)c2ccccc2)n1. The van der Waals surface area contributed by atoms with Crippen LogP contribution in [-0.2, 0) is 4.79 Å². The van der Waals surface area contributed by atoms with Crippen LogP contribution in [0.1, 0.15) is 27.7 Å². The van der Waals surface area contributed by atoms with Crippen molar-refractivity contribution in [1.29, 1.82) is 0 Å². The molecule has 0 saturated carbocycles. The third-order valence-corrected chi connectivity index (χ3v) is 2.96. The van der Waals surface area contributed by atoms with Crippen LogP contribution in [-0.4, -0.2) is 22.0 Å². The number of primary amides is 1. The normalized spacial score (nSPS) is 11.7. The third-order valence-electron chi connectivity index (χ3n) is 2.96. The van der Waals surface area contributed by atoms with Gasteiger partial charge in [0.25, 0.3) is 5.91 Å². The molecule has 4 N–H and O–H groups in total. The Morgan fingerprint density at radius 2 is 1.86 bits per heavy atom. The van der Waals surface area contributed by atoms with Crippen LogP contribution in [0.2, 0.25) is 0 Å². The molecule has 1 unspecified atom stereocenters. The molecule has 108 valence electrons. The van der Waals surface area contributed by atoms with Crippen LogP contribution in [0.5, 0.6) is 0 Å². The van der Waals surface area contributed by atoms with Gasteiger partial charge in [0.2, 0.25) is 0 Å². The van der Waals surface area contributed by atoms with Crippen molar-refractivity contribution in [2.75, 3.05) is 5.32 Å². The zero-order valence-corrected chi connectivity index (χ0v) is 11.4. The summed E-state index contributed by atoms with van der Waals surface area (Å²) in [6, 6.07) is 10.8. The first-order valence-corrected chi connectivity index (χ1v) is 6.31. The van der Waals surface area contributed by atoms with E-state index in [4.69, 9.17) is 5.73 Å². The summed E-state index contributed by atoms with van der Waals surface area (Å²) in [6.07, 6.45) is 0. The van der Waals surface area contributed by atoms with Crippen LogP contribution in [0.25, 0.3) is 0 Å². The minimum absolute atomic E-state index is 0.155. The molecule has 21 heavy (non-hydrogen) atoms. The van der Waals surface area contributed by atoms with Gasteiger partial charge in [-0.05, 0) is 24.6 Å². The first-order chi connectivity index (χ1) is 9.99. The number of aromatic nitrogens is 1. The Hall–Kier alpha value is -2.89. The minimum atomic E-state index is -1.07. The number of anilines is 1. The zero-order chi connectivity index (χ0) is 15.4. The molecule has 6 heteroatoms. The number of aryl methyl sites for hydroxylation is 1. The average Bonchev–Trinajstić information content (AvgIpc) is 2.45. The van der Waals surface area contributed by atoms with Gasteiger partial charge >= 0.3 is 5.97 Å². The number of nitrogens with one attached hydrogen (secondary N) is 1. The smallest absolute Gasteiger partial charge is 0.330 e. The van der Waals surface area contributed by atoms with Gasteiger partial charge in [0.1, 0.15) is 5.82 Å². The topological polar surface area (TPSA) is 105 Å². The first kappa shape index (κ1) is 14.5. The number of hydrogen-bond acceptors (Lipinski definition) is 4. The van der Waals surface area contributed by atoms with Gasteiger partial charge in [0.05, 0.1) is 5.56 Å². The third kappa shape index (κ3) is 3.36. The minimum Gasteiger partial charge on any atom is -0.479 e. The number of benzene rings is 1. The molecule has 0 aliphatic rings. The summed E-state index contributed by atoms with van der Waals surface area (Å²) in [5, 5.41) is 12.2. The Morgan fingerprint density at radius 3 is 2.43 bits per heavy atom. The predicted octanol–water partition coefficient (Wildman–Crippen LogP) is 1.73. The standard InChI is InChI=1S/C15H15N3O3/c1-9-7-8-11(13(16)19)14(17-9)18-12(15(20)21)10-5-3-2-4-6-10/h2-8,12H,1H3,(H2,16,19)(H,17,18)(H,20,21). The summed E-state index contributed by atoms with van der Waals surface area (Å²) in [6.45, 7) is 1.74. The van der Waals surface area contributed by atoms with E-state index >= 15 is 0 Å². The number of carbonyl (C=O) groups excluding carboxylic acids is 1. The fraction of sp³-hybridized carbons (Fsp3) is 0.133. The van der Waals surface area contributed by atoms with Crippen molar-refractivity contribution in [1.82, 2.24) is 4.98 Å². The Balaban J connectivity index is 2.40. The number of hydrogen-bond donors (Lipinski definition) is 3. The molecular weight excluding hydrogens is 270 g/mol. The molecule has 0 bridgehead atoms. The van der Waals surface area contributed by atoms with Gasteiger partial charge in [-0.25, -0.2) is 9.78 Å². The maximum atomic E-state index is 11.5. The van der Waals surface area contributed by atoms with E-state index in [2.05, 4.69) is 10.3 Å². The Bertz CT molecular complexity index is 671. The van der Waals surface area contributed by atoms with Gasteiger partial charge in [-0.15, -0.1) is 0 Å². The summed E-state index contributed by atoms with van der Waals surface area (Å²) >= 11 is 0.